The lowest BCUT2D eigenvalue weighted by atomic mass is 9.91. The second-order valence-electron chi connectivity index (χ2n) is 9.40. The van der Waals surface area contributed by atoms with Crippen molar-refractivity contribution in [2.24, 2.45) is 0 Å². The van der Waals surface area contributed by atoms with Crippen molar-refractivity contribution in [1.29, 1.82) is 0 Å². The fourth-order valence-electron chi connectivity index (χ4n) is 4.86. The average molecular weight is 484 g/mol. The van der Waals surface area contributed by atoms with Crippen LogP contribution in [0.25, 0.3) is 10.8 Å². The van der Waals surface area contributed by atoms with Crippen LogP contribution in [-0.4, -0.2) is 60.2 Å². The van der Waals surface area contributed by atoms with Gasteiger partial charge in [-0.1, -0.05) is 24.3 Å². The van der Waals surface area contributed by atoms with Crippen LogP contribution in [-0.2, 0) is 15.4 Å². The Morgan fingerprint density at radius 2 is 1.79 bits per heavy atom. The van der Waals surface area contributed by atoms with E-state index in [1.807, 2.05) is 18.2 Å². The molecule has 1 aliphatic heterocycles. The van der Waals surface area contributed by atoms with Gasteiger partial charge in [0, 0.05) is 38.1 Å². The number of hydrogen-bond acceptors (Lipinski definition) is 5. The highest BCUT2D eigenvalue weighted by molar-refractivity contribution is 7.89. The van der Waals surface area contributed by atoms with E-state index in [-0.39, 0.29) is 16.1 Å². The Morgan fingerprint density at radius 3 is 2.50 bits per heavy atom. The van der Waals surface area contributed by atoms with Crippen LogP contribution in [0.4, 0.5) is 10.1 Å². The summed E-state index contributed by atoms with van der Waals surface area (Å²) in [5, 5.41) is 1.81. The zero-order valence-corrected chi connectivity index (χ0v) is 20.4. The predicted molar refractivity (Wildman–Crippen MR) is 133 cm³/mol. The van der Waals surface area contributed by atoms with Crippen LogP contribution >= 0.6 is 0 Å². The second kappa shape index (κ2) is 8.83. The van der Waals surface area contributed by atoms with Crippen molar-refractivity contribution in [3.8, 4) is 5.75 Å². The summed E-state index contributed by atoms with van der Waals surface area (Å²) in [6.45, 7) is 3.76. The fourth-order valence-corrected chi connectivity index (χ4v) is 6.00. The van der Waals surface area contributed by atoms with E-state index < -0.39 is 10.0 Å². The van der Waals surface area contributed by atoms with Gasteiger partial charge in [-0.05, 0) is 66.6 Å². The van der Waals surface area contributed by atoms with Gasteiger partial charge < -0.3 is 14.5 Å². The van der Waals surface area contributed by atoms with Gasteiger partial charge in [0.05, 0.1) is 17.7 Å². The quantitative estimate of drug-likeness (QED) is 0.555. The Balaban J connectivity index is 1.39. The largest absolute Gasteiger partial charge is 0.495 e. The van der Waals surface area contributed by atoms with Crippen LogP contribution in [0.3, 0.4) is 0 Å². The molecule has 3 aromatic rings. The molecule has 0 spiro atoms. The molecule has 3 aromatic carbocycles. The third-order valence-electron chi connectivity index (χ3n) is 7.17. The van der Waals surface area contributed by atoms with Crippen LogP contribution in [0.15, 0.2) is 59.5 Å². The average Bonchev–Trinajstić information content (AvgIpc) is 3.63. The number of anilines is 1. The van der Waals surface area contributed by atoms with E-state index in [2.05, 4.69) is 21.6 Å². The Labute approximate surface area is 200 Å². The SMILES string of the molecule is COc1ccc(S(=O)(=O)NCC2(c3cccc4cc(F)ccc34)CC2)cc1N1CCN(C)CC1. The molecule has 1 saturated heterocycles. The van der Waals surface area contributed by atoms with Gasteiger partial charge in [-0.15, -0.1) is 0 Å². The summed E-state index contributed by atoms with van der Waals surface area (Å²) in [5.41, 5.74) is 1.60. The van der Waals surface area contributed by atoms with E-state index in [1.54, 1.807) is 31.4 Å². The molecule has 1 saturated carbocycles. The number of ether oxygens (including phenoxy) is 1. The van der Waals surface area contributed by atoms with Crippen molar-refractivity contribution < 1.29 is 17.5 Å². The van der Waals surface area contributed by atoms with Gasteiger partial charge in [0.1, 0.15) is 11.6 Å². The molecule has 0 bridgehead atoms. The summed E-state index contributed by atoms with van der Waals surface area (Å²) in [6, 6.07) is 15.7. The normalized spacial score (nSPS) is 18.3. The summed E-state index contributed by atoms with van der Waals surface area (Å²) < 4.78 is 48.7. The van der Waals surface area contributed by atoms with Gasteiger partial charge in [-0.25, -0.2) is 17.5 Å². The monoisotopic (exact) mass is 483 g/mol. The molecule has 0 amide bonds. The van der Waals surface area contributed by atoms with Crippen molar-refractivity contribution in [3.63, 3.8) is 0 Å². The van der Waals surface area contributed by atoms with E-state index in [0.29, 0.717) is 12.3 Å². The van der Waals surface area contributed by atoms with Crippen molar-refractivity contribution in [2.45, 2.75) is 23.2 Å². The molecule has 180 valence electrons. The molecule has 1 N–H and O–H groups in total. The number of methoxy groups -OCH3 is 1. The van der Waals surface area contributed by atoms with Crippen LogP contribution in [0, 0.1) is 5.82 Å². The molecule has 0 radical (unpaired) electrons. The van der Waals surface area contributed by atoms with Gasteiger partial charge in [0.15, 0.2) is 0 Å². The minimum atomic E-state index is -3.72. The summed E-state index contributed by atoms with van der Waals surface area (Å²) in [6.07, 6.45) is 1.78. The molecule has 34 heavy (non-hydrogen) atoms. The molecule has 2 aliphatic rings. The molecular formula is C26H30FN3O3S. The van der Waals surface area contributed by atoms with Crippen LogP contribution < -0.4 is 14.4 Å². The number of rotatable bonds is 7. The maximum atomic E-state index is 13.7. The number of sulfonamides is 1. The van der Waals surface area contributed by atoms with Gasteiger partial charge in [-0.2, -0.15) is 0 Å². The number of halogens is 1. The number of likely N-dealkylation sites (N-methyl/N-ethyl adjacent to an activating group) is 1. The van der Waals surface area contributed by atoms with E-state index in [4.69, 9.17) is 4.74 Å². The van der Waals surface area contributed by atoms with E-state index >= 15 is 0 Å². The molecule has 5 rings (SSSR count). The lowest BCUT2D eigenvalue weighted by Gasteiger charge is -2.34. The van der Waals surface area contributed by atoms with Crippen LogP contribution in [0.1, 0.15) is 18.4 Å². The van der Waals surface area contributed by atoms with Gasteiger partial charge >= 0.3 is 0 Å². The highest BCUT2D eigenvalue weighted by Crippen LogP contribution is 2.50. The molecule has 1 heterocycles. The van der Waals surface area contributed by atoms with Crippen molar-refractivity contribution >= 4 is 26.5 Å². The minimum Gasteiger partial charge on any atom is -0.495 e. The maximum absolute atomic E-state index is 13.7. The summed E-state index contributed by atoms with van der Waals surface area (Å²) >= 11 is 0. The molecule has 1 aliphatic carbocycles. The number of nitrogens with one attached hydrogen (secondary N) is 1. The highest BCUT2D eigenvalue weighted by atomic mass is 32.2. The predicted octanol–water partition coefficient (Wildman–Crippen LogP) is 3.75. The second-order valence-corrected chi connectivity index (χ2v) is 11.2. The zero-order chi connectivity index (χ0) is 23.9. The molecule has 0 atom stereocenters. The Kier molecular flexibility index (Phi) is 6.00. The first-order chi connectivity index (χ1) is 16.3. The number of fused-ring (bicyclic) bond motifs is 1. The standard InChI is InChI=1S/C26H30FN3O3S/c1-29-12-14-30(15-13-29)24-17-21(7-9-25(24)33-2)34(31,32)28-18-26(10-11-26)23-5-3-4-19-16-20(27)6-8-22(19)23/h3-9,16-17,28H,10-15,18H2,1-2H3. The molecule has 8 heteroatoms. The number of nitrogens with zero attached hydrogens (tertiary/aromatic N) is 2. The van der Waals surface area contributed by atoms with Crippen molar-refractivity contribution in [3.05, 3.63) is 66.0 Å². The van der Waals surface area contributed by atoms with Crippen LogP contribution in [0.5, 0.6) is 5.75 Å². The third-order valence-corrected chi connectivity index (χ3v) is 8.57. The van der Waals surface area contributed by atoms with E-state index in [0.717, 1.165) is 61.0 Å². The van der Waals surface area contributed by atoms with E-state index in [1.165, 1.54) is 12.1 Å². The smallest absolute Gasteiger partial charge is 0.240 e. The highest BCUT2D eigenvalue weighted by Gasteiger charge is 2.45. The minimum absolute atomic E-state index is 0.234. The Hall–Kier alpha value is -2.68. The number of piperazine rings is 1. The van der Waals surface area contributed by atoms with Crippen molar-refractivity contribution in [2.75, 3.05) is 51.8 Å². The van der Waals surface area contributed by atoms with Gasteiger partial charge in [-0.3, -0.25) is 0 Å². The summed E-state index contributed by atoms with van der Waals surface area (Å²) in [7, 11) is -0.0328. The van der Waals surface area contributed by atoms with Gasteiger partial charge in [0.25, 0.3) is 0 Å². The first-order valence-corrected chi connectivity index (χ1v) is 13.1. The molecule has 6 nitrogen and oxygen atoms in total. The maximum Gasteiger partial charge on any atom is 0.240 e. The van der Waals surface area contributed by atoms with Crippen molar-refractivity contribution in [1.82, 2.24) is 9.62 Å². The first kappa shape index (κ1) is 23.1. The van der Waals surface area contributed by atoms with E-state index in [9.17, 15) is 12.8 Å². The number of benzene rings is 3. The molecule has 0 unspecified atom stereocenters. The van der Waals surface area contributed by atoms with Gasteiger partial charge in [0.2, 0.25) is 10.0 Å². The Morgan fingerprint density at radius 1 is 1.03 bits per heavy atom. The summed E-state index contributed by atoms with van der Waals surface area (Å²) in [5.74, 6) is 0.399. The molecule has 0 aromatic heterocycles. The zero-order valence-electron chi connectivity index (χ0n) is 19.6. The fraction of sp³-hybridized carbons (Fsp3) is 0.385. The molecular weight excluding hydrogens is 453 g/mol. The Bertz CT molecular complexity index is 1320. The topological polar surface area (TPSA) is 61.9 Å². The lowest BCUT2D eigenvalue weighted by Crippen LogP contribution is -2.44. The molecule has 2 fully saturated rings. The first-order valence-electron chi connectivity index (χ1n) is 11.6. The lowest BCUT2D eigenvalue weighted by molar-refractivity contribution is 0.311. The van der Waals surface area contributed by atoms with Crippen LogP contribution in [0.2, 0.25) is 0 Å². The number of hydrogen-bond donors (Lipinski definition) is 1. The third kappa shape index (κ3) is 4.37. The summed E-state index contributed by atoms with van der Waals surface area (Å²) in [4.78, 5) is 4.66.